The van der Waals surface area contributed by atoms with Gasteiger partial charge in [-0.3, -0.25) is 4.40 Å². The SMILES string of the molecule is Cc1cc(C)n2c(-c3nc4ccccc4n3C)cnc2c1. The summed E-state index contributed by atoms with van der Waals surface area (Å²) < 4.78 is 4.28. The topological polar surface area (TPSA) is 35.1 Å². The molecule has 0 radical (unpaired) electrons. The summed E-state index contributed by atoms with van der Waals surface area (Å²) in [6.45, 7) is 4.20. The minimum Gasteiger partial charge on any atom is -0.326 e. The molecule has 1 aromatic carbocycles. The van der Waals surface area contributed by atoms with E-state index >= 15 is 0 Å². The zero-order chi connectivity index (χ0) is 14.6. The minimum atomic E-state index is 0.940. The van der Waals surface area contributed by atoms with Crippen LogP contribution in [0.15, 0.2) is 42.6 Å². The van der Waals surface area contributed by atoms with Crippen molar-refractivity contribution in [2.75, 3.05) is 0 Å². The Balaban J connectivity index is 2.07. The third-order valence-corrected chi connectivity index (χ3v) is 3.95. The zero-order valence-corrected chi connectivity index (χ0v) is 12.3. The Kier molecular flexibility index (Phi) is 2.42. The number of nitrogens with zero attached hydrogens (tertiary/aromatic N) is 4. The number of hydrogen-bond donors (Lipinski definition) is 0. The van der Waals surface area contributed by atoms with E-state index in [1.165, 1.54) is 11.3 Å². The lowest BCUT2D eigenvalue weighted by molar-refractivity contribution is 0.940. The van der Waals surface area contributed by atoms with Crippen molar-refractivity contribution >= 4 is 16.7 Å². The van der Waals surface area contributed by atoms with Crippen molar-refractivity contribution in [2.24, 2.45) is 7.05 Å². The van der Waals surface area contributed by atoms with Gasteiger partial charge in [-0.25, -0.2) is 9.97 Å². The van der Waals surface area contributed by atoms with E-state index in [1.807, 2.05) is 31.4 Å². The molecule has 0 atom stereocenters. The van der Waals surface area contributed by atoms with Crippen molar-refractivity contribution in [1.82, 2.24) is 18.9 Å². The molecular formula is C17H16N4. The molecular weight excluding hydrogens is 260 g/mol. The van der Waals surface area contributed by atoms with Gasteiger partial charge in [-0.1, -0.05) is 12.1 Å². The number of pyridine rings is 1. The molecule has 104 valence electrons. The second-order valence-electron chi connectivity index (χ2n) is 5.49. The molecule has 3 aromatic heterocycles. The summed E-state index contributed by atoms with van der Waals surface area (Å²) in [5.41, 5.74) is 6.53. The molecule has 0 saturated heterocycles. The summed E-state index contributed by atoms with van der Waals surface area (Å²) in [5.74, 6) is 0.940. The molecule has 4 aromatic rings. The van der Waals surface area contributed by atoms with Crippen molar-refractivity contribution in [3.63, 3.8) is 0 Å². The predicted octanol–water partition coefficient (Wildman–Crippen LogP) is 3.50. The van der Waals surface area contributed by atoms with E-state index in [4.69, 9.17) is 4.98 Å². The Hall–Kier alpha value is -2.62. The molecule has 0 N–H and O–H groups in total. The van der Waals surface area contributed by atoms with Gasteiger partial charge in [-0.2, -0.15) is 0 Å². The molecule has 21 heavy (non-hydrogen) atoms. The van der Waals surface area contributed by atoms with Crippen LogP contribution in [0, 0.1) is 13.8 Å². The van der Waals surface area contributed by atoms with Crippen molar-refractivity contribution < 1.29 is 0 Å². The highest BCUT2D eigenvalue weighted by atomic mass is 15.1. The van der Waals surface area contributed by atoms with Crippen LogP contribution in [0.2, 0.25) is 0 Å². The monoisotopic (exact) mass is 276 g/mol. The fraction of sp³-hybridized carbons (Fsp3) is 0.176. The summed E-state index contributed by atoms with van der Waals surface area (Å²) in [6, 6.07) is 12.4. The van der Waals surface area contributed by atoms with Gasteiger partial charge in [0.1, 0.15) is 11.3 Å². The smallest absolute Gasteiger partial charge is 0.159 e. The van der Waals surface area contributed by atoms with Gasteiger partial charge < -0.3 is 4.57 Å². The van der Waals surface area contributed by atoms with E-state index < -0.39 is 0 Å². The average Bonchev–Trinajstić information content (AvgIpc) is 3.01. The number of aryl methyl sites for hydroxylation is 3. The molecule has 0 spiro atoms. The van der Waals surface area contributed by atoms with Crippen molar-refractivity contribution in [2.45, 2.75) is 13.8 Å². The van der Waals surface area contributed by atoms with Crippen LogP contribution in [0.3, 0.4) is 0 Å². The maximum atomic E-state index is 4.77. The first-order valence-electron chi connectivity index (χ1n) is 7.01. The van der Waals surface area contributed by atoms with Crippen LogP contribution in [-0.4, -0.2) is 18.9 Å². The van der Waals surface area contributed by atoms with E-state index in [-0.39, 0.29) is 0 Å². The van der Waals surface area contributed by atoms with Crippen molar-refractivity contribution in [3.05, 3.63) is 53.9 Å². The Morgan fingerprint density at radius 1 is 1.05 bits per heavy atom. The molecule has 0 aliphatic rings. The van der Waals surface area contributed by atoms with Crippen molar-refractivity contribution in [1.29, 1.82) is 0 Å². The van der Waals surface area contributed by atoms with Gasteiger partial charge in [0.25, 0.3) is 0 Å². The number of benzene rings is 1. The molecule has 0 unspecified atom stereocenters. The number of para-hydroxylation sites is 2. The van der Waals surface area contributed by atoms with Crippen LogP contribution >= 0.6 is 0 Å². The fourth-order valence-corrected chi connectivity index (χ4v) is 3.01. The lowest BCUT2D eigenvalue weighted by Crippen LogP contribution is -1.99. The number of hydrogen-bond acceptors (Lipinski definition) is 2. The summed E-state index contributed by atoms with van der Waals surface area (Å²) in [4.78, 5) is 9.31. The summed E-state index contributed by atoms with van der Waals surface area (Å²) in [7, 11) is 2.05. The molecule has 3 heterocycles. The number of fused-ring (bicyclic) bond motifs is 2. The molecule has 4 heteroatoms. The summed E-state index contributed by atoms with van der Waals surface area (Å²) in [5, 5.41) is 0. The van der Waals surface area contributed by atoms with Crippen LogP contribution in [0.4, 0.5) is 0 Å². The van der Waals surface area contributed by atoms with E-state index in [0.717, 1.165) is 28.2 Å². The molecule has 4 nitrogen and oxygen atoms in total. The number of aromatic nitrogens is 4. The van der Waals surface area contributed by atoms with Crippen LogP contribution in [0.5, 0.6) is 0 Å². The number of imidazole rings is 2. The Labute approximate surface area is 122 Å². The Bertz CT molecular complexity index is 975. The molecule has 0 fully saturated rings. The first-order valence-corrected chi connectivity index (χ1v) is 7.01. The largest absolute Gasteiger partial charge is 0.326 e. The average molecular weight is 276 g/mol. The van der Waals surface area contributed by atoms with Gasteiger partial charge in [0.2, 0.25) is 0 Å². The maximum absolute atomic E-state index is 4.77. The lowest BCUT2D eigenvalue weighted by atomic mass is 10.2. The Morgan fingerprint density at radius 2 is 1.86 bits per heavy atom. The van der Waals surface area contributed by atoms with Gasteiger partial charge >= 0.3 is 0 Å². The molecule has 0 bridgehead atoms. The van der Waals surface area contributed by atoms with E-state index in [0.29, 0.717) is 0 Å². The molecule has 0 aliphatic carbocycles. The van der Waals surface area contributed by atoms with Crippen LogP contribution in [0.1, 0.15) is 11.3 Å². The second kappa shape index (κ2) is 4.19. The second-order valence-corrected chi connectivity index (χ2v) is 5.49. The zero-order valence-electron chi connectivity index (χ0n) is 12.3. The van der Waals surface area contributed by atoms with Gasteiger partial charge in [-0.05, 0) is 43.7 Å². The minimum absolute atomic E-state index is 0.940. The Morgan fingerprint density at radius 3 is 2.67 bits per heavy atom. The number of rotatable bonds is 1. The fourth-order valence-electron chi connectivity index (χ4n) is 3.01. The highest BCUT2D eigenvalue weighted by molar-refractivity contribution is 5.80. The van der Waals surface area contributed by atoms with Gasteiger partial charge in [0.15, 0.2) is 5.82 Å². The quantitative estimate of drug-likeness (QED) is 0.533. The van der Waals surface area contributed by atoms with Gasteiger partial charge in [0.05, 0.1) is 17.2 Å². The van der Waals surface area contributed by atoms with E-state index in [2.05, 4.69) is 46.0 Å². The predicted molar refractivity (Wildman–Crippen MR) is 84.4 cm³/mol. The lowest BCUT2D eigenvalue weighted by Gasteiger charge is -2.07. The summed E-state index contributed by atoms with van der Waals surface area (Å²) >= 11 is 0. The third kappa shape index (κ3) is 1.69. The molecule has 0 amide bonds. The third-order valence-electron chi connectivity index (χ3n) is 3.95. The molecule has 4 rings (SSSR count). The first-order chi connectivity index (χ1) is 10.1. The maximum Gasteiger partial charge on any atom is 0.159 e. The van der Waals surface area contributed by atoms with E-state index in [1.54, 1.807) is 0 Å². The first kappa shape index (κ1) is 12.1. The van der Waals surface area contributed by atoms with E-state index in [9.17, 15) is 0 Å². The standard InChI is InChI=1S/C17H16N4/c1-11-8-12(2)21-15(10-18-16(21)9-11)17-19-13-6-4-5-7-14(13)20(17)3/h4-10H,1-3H3. The van der Waals surface area contributed by atoms with Crippen LogP contribution in [0.25, 0.3) is 28.2 Å². The highest BCUT2D eigenvalue weighted by Crippen LogP contribution is 2.25. The van der Waals surface area contributed by atoms with Crippen LogP contribution < -0.4 is 0 Å². The highest BCUT2D eigenvalue weighted by Gasteiger charge is 2.15. The normalized spacial score (nSPS) is 11.6. The summed E-state index contributed by atoms with van der Waals surface area (Å²) in [6.07, 6.45) is 1.91. The molecule has 0 saturated carbocycles. The van der Waals surface area contributed by atoms with Crippen LogP contribution in [-0.2, 0) is 7.05 Å². The molecule has 0 aliphatic heterocycles. The van der Waals surface area contributed by atoms with Gasteiger partial charge in [-0.15, -0.1) is 0 Å². The van der Waals surface area contributed by atoms with Crippen molar-refractivity contribution in [3.8, 4) is 11.5 Å². The van der Waals surface area contributed by atoms with Gasteiger partial charge in [0, 0.05) is 12.7 Å².